The van der Waals surface area contributed by atoms with Gasteiger partial charge in [-0.3, -0.25) is 9.59 Å². The summed E-state index contributed by atoms with van der Waals surface area (Å²) in [6, 6.07) is 9.47. The molecule has 26 heavy (non-hydrogen) atoms. The van der Waals surface area contributed by atoms with E-state index in [1.165, 1.54) is 11.3 Å². The van der Waals surface area contributed by atoms with Crippen LogP contribution in [0.1, 0.15) is 49.6 Å². The van der Waals surface area contributed by atoms with Crippen LogP contribution in [0.4, 0.5) is 5.13 Å². The first-order chi connectivity index (χ1) is 12.7. The summed E-state index contributed by atoms with van der Waals surface area (Å²) in [5.74, 6) is -0.355. The van der Waals surface area contributed by atoms with Crippen molar-refractivity contribution >= 4 is 34.5 Å². The number of carbonyl (C=O) groups excluding carboxylic acids is 2. The molecule has 2 N–H and O–H groups in total. The van der Waals surface area contributed by atoms with Gasteiger partial charge in [-0.25, -0.2) is 5.43 Å². The van der Waals surface area contributed by atoms with Gasteiger partial charge in [-0.2, -0.15) is 5.10 Å². The molecule has 138 valence electrons. The van der Waals surface area contributed by atoms with Gasteiger partial charge in [-0.1, -0.05) is 67.9 Å². The van der Waals surface area contributed by atoms with Gasteiger partial charge < -0.3 is 5.32 Å². The zero-order valence-corrected chi connectivity index (χ0v) is 15.6. The number of carbonyl (C=O) groups is 2. The van der Waals surface area contributed by atoms with Gasteiger partial charge >= 0.3 is 0 Å². The quantitative estimate of drug-likeness (QED) is 0.380. The molecule has 0 spiro atoms. The van der Waals surface area contributed by atoms with Crippen molar-refractivity contribution in [2.75, 3.05) is 5.32 Å². The summed E-state index contributed by atoms with van der Waals surface area (Å²) < 4.78 is 0. The fraction of sp³-hybridized carbons (Fsp3) is 0.389. The van der Waals surface area contributed by atoms with Gasteiger partial charge in [0, 0.05) is 6.42 Å². The van der Waals surface area contributed by atoms with E-state index in [2.05, 4.69) is 33.0 Å². The number of benzene rings is 1. The lowest BCUT2D eigenvalue weighted by molar-refractivity contribution is -0.120. The van der Waals surface area contributed by atoms with Crippen LogP contribution in [-0.4, -0.2) is 28.2 Å². The summed E-state index contributed by atoms with van der Waals surface area (Å²) in [5, 5.41) is 15.4. The van der Waals surface area contributed by atoms with Crippen molar-refractivity contribution in [3.8, 4) is 0 Å². The number of hydrogen-bond donors (Lipinski definition) is 2. The molecule has 0 aliphatic carbocycles. The van der Waals surface area contributed by atoms with E-state index < -0.39 is 0 Å². The van der Waals surface area contributed by atoms with Gasteiger partial charge in [0.1, 0.15) is 5.01 Å². The molecule has 0 radical (unpaired) electrons. The summed E-state index contributed by atoms with van der Waals surface area (Å²) in [6.07, 6.45) is 6.31. The number of nitrogens with one attached hydrogen (secondary N) is 2. The molecule has 8 heteroatoms. The number of unbranched alkanes of at least 4 members (excludes halogenated alkanes) is 3. The molecule has 0 bridgehead atoms. The molecule has 1 aromatic carbocycles. The van der Waals surface area contributed by atoms with Crippen LogP contribution >= 0.6 is 11.3 Å². The Morgan fingerprint density at radius 2 is 1.92 bits per heavy atom. The summed E-state index contributed by atoms with van der Waals surface area (Å²) >= 11 is 1.20. The molecule has 0 aliphatic rings. The second-order valence-electron chi connectivity index (χ2n) is 5.74. The average molecular weight is 373 g/mol. The SMILES string of the molecule is CCCCCCC(=O)Nc1nnc(CC(=O)N/N=C\c2ccccc2)s1. The maximum Gasteiger partial charge on any atom is 0.247 e. The number of anilines is 1. The summed E-state index contributed by atoms with van der Waals surface area (Å²) in [4.78, 5) is 23.7. The molecule has 2 rings (SSSR count). The largest absolute Gasteiger partial charge is 0.301 e. The number of hydrazone groups is 1. The second kappa shape index (κ2) is 11.1. The summed E-state index contributed by atoms with van der Waals surface area (Å²) in [6.45, 7) is 2.13. The van der Waals surface area contributed by atoms with E-state index in [1.54, 1.807) is 6.21 Å². The fourth-order valence-electron chi connectivity index (χ4n) is 2.16. The topological polar surface area (TPSA) is 96.3 Å². The van der Waals surface area contributed by atoms with Gasteiger partial charge in [0.2, 0.25) is 16.9 Å². The number of aromatic nitrogens is 2. The minimum Gasteiger partial charge on any atom is -0.301 e. The molecule has 0 aliphatic heterocycles. The highest BCUT2D eigenvalue weighted by molar-refractivity contribution is 7.15. The summed E-state index contributed by atoms with van der Waals surface area (Å²) in [5.41, 5.74) is 3.35. The van der Waals surface area contributed by atoms with Crippen molar-refractivity contribution in [2.24, 2.45) is 5.10 Å². The Labute approximate surface area is 156 Å². The number of rotatable bonds is 10. The Morgan fingerprint density at radius 1 is 1.12 bits per heavy atom. The van der Waals surface area contributed by atoms with Crippen molar-refractivity contribution in [3.05, 3.63) is 40.9 Å². The molecule has 0 saturated carbocycles. The zero-order chi connectivity index (χ0) is 18.6. The molecule has 1 heterocycles. The van der Waals surface area contributed by atoms with Crippen LogP contribution in [0.3, 0.4) is 0 Å². The lowest BCUT2D eigenvalue weighted by Crippen LogP contribution is -2.19. The van der Waals surface area contributed by atoms with E-state index in [-0.39, 0.29) is 18.2 Å². The Bertz CT molecular complexity index is 730. The van der Waals surface area contributed by atoms with Crippen LogP contribution in [0.5, 0.6) is 0 Å². The monoisotopic (exact) mass is 373 g/mol. The molecule has 1 aromatic heterocycles. The van der Waals surface area contributed by atoms with E-state index in [0.717, 1.165) is 31.2 Å². The maximum atomic E-state index is 11.9. The van der Waals surface area contributed by atoms with Crippen molar-refractivity contribution in [3.63, 3.8) is 0 Å². The minimum atomic E-state index is -0.286. The van der Waals surface area contributed by atoms with Gasteiger partial charge in [0.15, 0.2) is 0 Å². The Morgan fingerprint density at radius 3 is 2.69 bits per heavy atom. The van der Waals surface area contributed by atoms with Crippen molar-refractivity contribution < 1.29 is 9.59 Å². The third-order valence-electron chi connectivity index (χ3n) is 3.48. The van der Waals surface area contributed by atoms with E-state index >= 15 is 0 Å². The molecule has 2 aromatic rings. The highest BCUT2D eigenvalue weighted by atomic mass is 32.1. The standard InChI is InChI=1S/C18H23N5O2S/c1-2-3-4-8-11-15(24)20-18-23-22-17(26-18)12-16(25)21-19-13-14-9-6-5-7-10-14/h5-7,9-10,13H,2-4,8,11-12H2,1H3,(H,21,25)(H,20,23,24)/b19-13-. The fourth-order valence-corrected chi connectivity index (χ4v) is 2.92. The molecule has 0 saturated heterocycles. The maximum absolute atomic E-state index is 11.9. The number of amides is 2. The Hall–Kier alpha value is -2.61. The third kappa shape index (κ3) is 7.52. The van der Waals surface area contributed by atoms with Crippen LogP contribution in [0.25, 0.3) is 0 Å². The molecule has 2 amide bonds. The second-order valence-corrected chi connectivity index (χ2v) is 6.80. The number of hydrogen-bond acceptors (Lipinski definition) is 6. The van der Waals surface area contributed by atoms with E-state index in [9.17, 15) is 9.59 Å². The lowest BCUT2D eigenvalue weighted by Gasteiger charge is -2.00. The van der Waals surface area contributed by atoms with Crippen molar-refractivity contribution in [1.29, 1.82) is 0 Å². The highest BCUT2D eigenvalue weighted by Crippen LogP contribution is 2.16. The van der Waals surface area contributed by atoms with Gasteiger partial charge in [-0.15, -0.1) is 10.2 Å². The predicted molar refractivity (Wildman–Crippen MR) is 103 cm³/mol. The third-order valence-corrected chi connectivity index (χ3v) is 4.32. The van der Waals surface area contributed by atoms with Crippen molar-refractivity contribution in [1.82, 2.24) is 15.6 Å². The summed E-state index contributed by atoms with van der Waals surface area (Å²) in [7, 11) is 0. The first-order valence-electron chi connectivity index (χ1n) is 8.66. The Kier molecular flexibility index (Phi) is 8.41. The lowest BCUT2D eigenvalue weighted by atomic mass is 10.1. The molecule has 0 unspecified atom stereocenters. The smallest absolute Gasteiger partial charge is 0.247 e. The number of nitrogens with zero attached hydrogens (tertiary/aromatic N) is 3. The highest BCUT2D eigenvalue weighted by Gasteiger charge is 2.11. The van der Waals surface area contributed by atoms with Crippen LogP contribution < -0.4 is 10.7 Å². The minimum absolute atomic E-state index is 0.0656. The average Bonchev–Trinajstić information content (AvgIpc) is 3.06. The molecule has 0 atom stereocenters. The molecular formula is C18H23N5O2S. The normalized spacial score (nSPS) is 10.8. The van der Waals surface area contributed by atoms with Crippen LogP contribution in [-0.2, 0) is 16.0 Å². The van der Waals surface area contributed by atoms with E-state index in [1.807, 2.05) is 30.3 Å². The zero-order valence-electron chi connectivity index (χ0n) is 14.8. The Balaban J connectivity index is 1.72. The first kappa shape index (κ1) is 19.7. The predicted octanol–water partition coefficient (Wildman–Crippen LogP) is 3.14. The van der Waals surface area contributed by atoms with Crippen molar-refractivity contribution in [2.45, 2.75) is 45.4 Å². The van der Waals surface area contributed by atoms with Gasteiger partial charge in [-0.05, 0) is 12.0 Å². The van der Waals surface area contributed by atoms with E-state index in [0.29, 0.717) is 16.6 Å². The first-order valence-corrected chi connectivity index (χ1v) is 9.48. The van der Waals surface area contributed by atoms with Crippen LogP contribution in [0.15, 0.2) is 35.4 Å². The van der Waals surface area contributed by atoms with Gasteiger partial charge in [0.05, 0.1) is 12.6 Å². The van der Waals surface area contributed by atoms with Crippen LogP contribution in [0, 0.1) is 0 Å². The molecular weight excluding hydrogens is 350 g/mol. The molecule has 7 nitrogen and oxygen atoms in total. The molecule has 0 fully saturated rings. The van der Waals surface area contributed by atoms with E-state index in [4.69, 9.17) is 0 Å². The van der Waals surface area contributed by atoms with Gasteiger partial charge in [0.25, 0.3) is 0 Å². The van der Waals surface area contributed by atoms with Crippen LogP contribution in [0.2, 0.25) is 0 Å².